The summed E-state index contributed by atoms with van der Waals surface area (Å²) in [5.74, 6) is -17.5. The number of ether oxygens (including phenoxy) is 2. The fourth-order valence-electron chi connectivity index (χ4n) is 1.74. The second kappa shape index (κ2) is 7.31. The van der Waals surface area contributed by atoms with Gasteiger partial charge in [0.1, 0.15) is 0 Å². The van der Waals surface area contributed by atoms with Gasteiger partial charge in [0.2, 0.25) is 0 Å². The van der Waals surface area contributed by atoms with Gasteiger partial charge in [-0.2, -0.15) is 39.5 Å². The molecule has 0 aliphatic carbocycles. The zero-order valence-corrected chi connectivity index (χ0v) is 13.4. The Bertz CT molecular complexity index is 711. The number of aryl methyl sites for hydroxylation is 1. The minimum Gasteiger partial charge on any atom is -0.424 e. The monoisotopic (exact) mass is 410 g/mol. The predicted octanol–water partition coefficient (Wildman–Crippen LogP) is 5.14. The molecule has 0 bridgehead atoms. The van der Waals surface area contributed by atoms with Crippen LogP contribution in [0.25, 0.3) is 0 Å². The molecule has 0 fully saturated rings. The van der Waals surface area contributed by atoms with E-state index in [1.54, 1.807) is 0 Å². The van der Waals surface area contributed by atoms with Gasteiger partial charge in [0.05, 0.1) is 0 Å². The summed E-state index contributed by atoms with van der Waals surface area (Å²) in [7, 11) is 0. The smallest absolute Gasteiger partial charge is 0.424 e. The van der Waals surface area contributed by atoms with Gasteiger partial charge in [-0.1, -0.05) is 25.6 Å². The first kappa shape index (κ1) is 22.6. The minimum atomic E-state index is -7.11. The van der Waals surface area contributed by atoms with E-state index in [0.717, 1.165) is 18.2 Å². The first-order chi connectivity index (χ1) is 12.1. The molecular weight excluding hydrogens is 399 g/mol. The van der Waals surface area contributed by atoms with Crippen molar-refractivity contribution < 1.29 is 53.8 Å². The topological polar surface area (TPSA) is 35.5 Å². The van der Waals surface area contributed by atoms with Gasteiger partial charge in [0, 0.05) is 6.08 Å². The number of alkyl halides is 9. The fourth-order valence-corrected chi connectivity index (χ4v) is 1.74. The van der Waals surface area contributed by atoms with E-state index < -0.39 is 41.6 Å². The lowest BCUT2D eigenvalue weighted by molar-refractivity contribution is -0.428. The number of carbonyl (C=O) groups excluding carboxylic acids is 1. The van der Waals surface area contributed by atoms with Crippen LogP contribution in [0.3, 0.4) is 0 Å². The van der Waals surface area contributed by atoms with Gasteiger partial charge in [-0.3, -0.25) is 0 Å². The van der Waals surface area contributed by atoms with E-state index in [-0.39, 0.29) is 12.0 Å². The fraction of sp³-hybridized carbons (Fsp3) is 0.400. The highest BCUT2D eigenvalue weighted by molar-refractivity contribution is 5.84. The van der Waals surface area contributed by atoms with Crippen molar-refractivity contribution in [2.24, 2.45) is 0 Å². The maximum Gasteiger partial charge on any atom is 0.471 e. The molecule has 1 aromatic carbocycles. The van der Waals surface area contributed by atoms with Crippen molar-refractivity contribution in [1.82, 2.24) is 0 Å². The number of hydrogen-bond acceptors (Lipinski definition) is 3. The summed E-state index contributed by atoms with van der Waals surface area (Å²) in [6.45, 7) is 4.30. The first-order valence-electron chi connectivity index (χ1n) is 6.97. The molecule has 0 unspecified atom stereocenters. The van der Waals surface area contributed by atoms with Gasteiger partial charge in [-0.05, 0) is 18.1 Å². The Labute approximate surface area is 146 Å². The maximum atomic E-state index is 13.7. The summed E-state index contributed by atoms with van der Waals surface area (Å²) < 4.78 is 125. The van der Waals surface area contributed by atoms with E-state index in [0.29, 0.717) is 6.08 Å². The molecule has 0 spiro atoms. The predicted molar refractivity (Wildman–Crippen MR) is 73.2 cm³/mol. The molecular formula is C15H11F9O3. The second-order valence-electron chi connectivity index (χ2n) is 4.99. The summed E-state index contributed by atoms with van der Waals surface area (Å²) in [5.41, 5.74) is -0.324. The van der Waals surface area contributed by atoms with E-state index in [9.17, 15) is 44.3 Å². The van der Waals surface area contributed by atoms with E-state index in [1.807, 2.05) is 0 Å². The molecule has 1 aromatic rings. The Morgan fingerprint density at radius 2 is 1.59 bits per heavy atom. The van der Waals surface area contributed by atoms with E-state index in [4.69, 9.17) is 0 Å². The van der Waals surface area contributed by atoms with Gasteiger partial charge in [-0.25, -0.2) is 4.79 Å². The number of halogens is 9. The van der Waals surface area contributed by atoms with Crippen molar-refractivity contribution in [3.63, 3.8) is 0 Å². The summed E-state index contributed by atoms with van der Waals surface area (Å²) in [5, 5.41) is 0. The van der Waals surface area contributed by atoms with Crippen molar-refractivity contribution in [3.8, 4) is 11.5 Å². The normalized spacial score (nSPS) is 13.3. The lowest BCUT2D eigenvalue weighted by atomic mass is 10.1. The van der Waals surface area contributed by atoms with Crippen LogP contribution in [-0.2, 0) is 11.2 Å². The number of hydrogen-bond donors (Lipinski definition) is 0. The van der Waals surface area contributed by atoms with Crippen LogP contribution in [-0.4, -0.2) is 30.1 Å². The van der Waals surface area contributed by atoms with Crippen molar-refractivity contribution in [3.05, 3.63) is 36.4 Å². The highest BCUT2D eigenvalue weighted by Crippen LogP contribution is 2.54. The third kappa shape index (κ3) is 4.14. The van der Waals surface area contributed by atoms with E-state index >= 15 is 0 Å². The van der Waals surface area contributed by atoms with Crippen molar-refractivity contribution in [2.75, 3.05) is 0 Å². The molecule has 0 amide bonds. The van der Waals surface area contributed by atoms with Gasteiger partial charge in [-0.15, -0.1) is 0 Å². The van der Waals surface area contributed by atoms with Gasteiger partial charge < -0.3 is 9.47 Å². The largest absolute Gasteiger partial charge is 0.471 e. The maximum absolute atomic E-state index is 13.7. The molecule has 0 aromatic heterocycles. The molecule has 1 rings (SSSR count). The lowest BCUT2D eigenvalue weighted by Gasteiger charge is -2.33. The Morgan fingerprint density at radius 1 is 1.04 bits per heavy atom. The van der Waals surface area contributed by atoms with Crippen LogP contribution >= 0.6 is 0 Å². The molecule has 0 heterocycles. The number of benzene rings is 1. The van der Waals surface area contributed by atoms with E-state index in [1.165, 1.54) is 6.92 Å². The molecule has 0 radical (unpaired) electrons. The molecule has 152 valence electrons. The summed E-state index contributed by atoms with van der Waals surface area (Å²) in [6, 6.07) is 2.93. The third-order valence-corrected chi connectivity index (χ3v) is 3.16. The van der Waals surface area contributed by atoms with E-state index in [2.05, 4.69) is 16.1 Å². The Kier molecular flexibility index (Phi) is 6.13. The lowest BCUT2D eigenvalue weighted by Crippen LogP contribution is -2.62. The van der Waals surface area contributed by atoms with Crippen LogP contribution in [0.2, 0.25) is 0 Å². The van der Waals surface area contributed by atoms with Crippen LogP contribution in [0.4, 0.5) is 39.5 Å². The number of esters is 1. The van der Waals surface area contributed by atoms with Gasteiger partial charge in [0.15, 0.2) is 11.5 Å². The Hall–Kier alpha value is -2.40. The Balaban J connectivity index is 3.44. The van der Waals surface area contributed by atoms with Crippen LogP contribution in [0.15, 0.2) is 30.9 Å². The number of carbonyl (C=O) groups is 1. The zero-order chi connectivity index (χ0) is 21.3. The molecule has 0 aliphatic rings. The average Bonchev–Trinajstić information content (AvgIpc) is 2.54. The van der Waals surface area contributed by atoms with Crippen molar-refractivity contribution in [2.45, 2.75) is 37.5 Å². The van der Waals surface area contributed by atoms with Crippen LogP contribution < -0.4 is 9.47 Å². The minimum absolute atomic E-state index is 0.202. The molecule has 0 saturated carbocycles. The second-order valence-corrected chi connectivity index (χ2v) is 4.99. The molecule has 0 aliphatic heterocycles. The third-order valence-electron chi connectivity index (χ3n) is 3.16. The molecule has 27 heavy (non-hydrogen) atoms. The summed E-state index contributed by atoms with van der Waals surface area (Å²) in [6.07, 6.45) is -12.9. The first-order valence-corrected chi connectivity index (χ1v) is 6.97. The molecule has 0 N–H and O–H groups in total. The Morgan fingerprint density at radius 3 is 2.04 bits per heavy atom. The highest BCUT2D eigenvalue weighted by Gasteiger charge is 2.83. The van der Waals surface area contributed by atoms with Crippen LogP contribution in [0, 0.1) is 0 Å². The van der Waals surface area contributed by atoms with Crippen LogP contribution in [0.1, 0.15) is 12.5 Å². The van der Waals surface area contributed by atoms with Crippen molar-refractivity contribution in [1.29, 1.82) is 0 Å². The average molecular weight is 410 g/mol. The van der Waals surface area contributed by atoms with Crippen molar-refractivity contribution >= 4 is 5.97 Å². The summed E-state index contributed by atoms with van der Waals surface area (Å²) >= 11 is 0. The van der Waals surface area contributed by atoms with Crippen LogP contribution in [0.5, 0.6) is 11.5 Å². The highest BCUT2D eigenvalue weighted by atomic mass is 19.4. The van der Waals surface area contributed by atoms with Gasteiger partial charge in [0.25, 0.3) is 0 Å². The SMILES string of the molecule is C=CC(=O)Oc1cccc(CC)c1OC(F)(F)C(F)(F)C(F)(F)C(F)(F)F. The number of para-hydroxylation sites is 1. The van der Waals surface area contributed by atoms with Gasteiger partial charge >= 0.3 is 30.1 Å². The summed E-state index contributed by atoms with van der Waals surface area (Å²) in [4.78, 5) is 11.2. The quantitative estimate of drug-likeness (QED) is 0.270. The number of rotatable bonds is 7. The standard InChI is InChI=1S/C15H11F9O3/c1-3-8-6-5-7-9(26-10(25)4-2)11(8)27-15(23,24)13(18,19)12(16,17)14(20,21)22/h4-7H,2-3H2,1H3. The molecule has 0 atom stereocenters. The molecule has 12 heteroatoms. The molecule has 0 saturated heterocycles. The zero-order valence-electron chi connectivity index (χ0n) is 13.4. The molecule has 3 nitrogen and oxygen atoms in total.